The number of piperazine rings is 1. The fourth-order valence-corrected chi connectivity index (χ4v) is 5.24. The normalized spacial score (nSPS) is 19.7. The van der Waals surface area contributed by atoms with Gasteiger partial charge in [0.25, 0.3) is 0 Å². The van der Waals surface area contributed by atoms with Crippen LogP contribution in [0.2, 0.25) is 0 Å². The van der Waals surface area contributed by atoms with Crippen molar-refractivity contribution in [2.24, 2.45) is 0 Å². The van der Waals surface area contributed by atoms with Crippen molar-refractivity contribution < 1.29 is 12.8 Å². The van der Waals surface area contributed by atoms with Gasteiger partial charge < -0.3 is 4.42 Å². The molecule has 0 saturated carbocycles. The molecule has 0 N–H and O–H groups in total. The minimum Gasteiger partial charge on any atom is -0.468 e. The Balaban J connectivity index is 1.44. The van der Waals surface area contributed by atoms with Crippen LogP contribution in [0.4, 0.5) is 0 Å². The van der Waals surface area contributed by atoms with Gasteiger partial charge in [-0.3, -0.25) is 4.90 Å². The molecule has 0 atom stereocenters. The zero-order chi connectivity index (χ0) is 17.3. The Morgan fingerprint density at radius 1 is 0.960 bits per heavy atom. The van der Waals surface area contributed by atoms with Crippen LogP contribution in [0.5, 0.6) is 0 Å². The maximum Gasteiger partial charge on any atom is 0.243 e. The van der Waals surface area contributed by atoms with Crippen LogP contribution in [0.15, 0.2) is 45.9 Å². The largest absolute Gasteiger partial charge is 0.468 e. The van der Waals surface area contributed by atoms with Crippen molar-refractivity contribution in [3.8, 4) is 0 Å². The predicted molar refractivity (Wildman–Crippen MR) is 95.8 cm³/mol. The summed E-state index contributed by atoms with van der Waals surface area (Å²) in [5.74, 6) is 0.922. The van der Waals surface area contributed by atoms with Crippen LogP contribution in [-0.2, 0) is 29.4 Å². The molecule has 1 aliphatic carbocycles. The van der Waals surface area contributed by atoms with Gasteiger partial charge in [-0.05, 0) is 61.1 Å². The zero-order valence-electron chi connectivity index (χ0n) is 14.4. The summed E-state index contributed by atoms with van der Waals surface area (Å²) in [7, 11) is -3.40. The average molecular weight is 360 g/mol. The van der Waals surface area contributed by atoms with E-state index in [1.54, 1.807) is 16.6 Å². The third-order valence-corrected chi connectivity index (χ3v) is 7.14. The minimum atomic E-state index is -3.40. The van der Waals surface area contributed by atoms with Crippen LogP contribution in [0.25, 0.3) is 0 Å². The number of nitrogens with zero attached hydrogens (tertiary/aromatic N) is 2. The summed E-state index contributed by atoms with van der Waals surface area (Å²) in [5.41, 5.74) is 2.53. The van der Waals surface area contributed by atoms with Crippen molar-refractivity contribution in [1.29, 1.82) is 0 Å². The standard InChI is InChI=1S/C19H24N2O3S/c22-25(23,19-8-7-16-4-1-2-5-17(16)14-19)21-11-9-20(10-12-21)15-18-6-3-13-24-18/h3,6-8,13-14H,1-2,4-5,9-12,15H2. The van der Waals surface area contributed by atoms with Crippen LogP contribution in [0.3, 0.4) is 0 Å². The molecule has 0 unspecified atom stereocenters. The summed E-state index contributed by atoms with van der Waals surface area (Å²) >= 11 is 0. The molecule has 1 fully saturated rings. The van der Waals surface area contributed by atoms with E-state index in [9.17, 15) is 8.42 Å². The number of hydrogen-bond donors (Lipinski definition) is 0. The van der Waals surface area contributed by atoms with Gasteiger partial charge in [0.15, 0.2) is 0 Å². The van der Waals surface area contributed by atoms with E-state index in [-0.39, 0.29) is 0 Å². The first-order chi connectivity index (χ1) is 12.1. The lowest BCUT2D eigenvalue weighted by Gasteiger charge is -2.33. The van der Waals surface area contributed by atoms with Crippen molar-refractivity contribution >= 4 is 10.0 Å². The highest BCUT2D eigenvalue weighted by Gasteiger charge is 2.29. The summed E-state index contributed by atoms with van der Waals surface area (Å²) in [6.45, 7) is 3.25. The van der Waals surface area contributed by atoms with Crippen LogP contribution >= 0.6 is 0 Å². The first-order valence-electron chi connectivity index (χ1n) is 9.00. The molecule has 2 aliphatic rings. The Kier molecular flexibility index (Phi) is 4.67. The summed E-state index contributed by atoms with van der Waals surface area (Å²) in [6.07, 6.45) is 6.10. The second kappa shape index (κ2) is 6.94. The van der Waals surface area contributed by atoms with Gasteiger partial charge in [-0.15, -0.1) is 0 Å². The molecule has 0 bridgehead atoms. The molecule has 25 heavy (non-hydrogen) atoms. The summed E-state index contributed by atoms with van der Waals surface area (Å²) in [6, 6.07) is 9.53. The quantitative estimate of drug-likeness (QED) is 0.841. The molecule has 1 aromatic carbocycles. The molecule has 0 spiro atoms. The van der Waals surface area contributed by atoms with Gasteiger partial charge in [-0.2, -0.15) is 4.31 Å². The Morgan fingerprint density at radius 3 is 2.44 bits per heavy atom. The number of aryl methyl sites for hydroxylation is 2. The lowest BCUT2D eigenvalue weighted by atomic mass is 9.92. The number of hydrogen-bond acceptors (Lipinski definition) is 4. The van der Waals surface area contributed by atoms with Crippen molar-refractivity contribution in [2.75, 3.05) is 26.2 Å². The third-order valence-electron chi connectivity index (χ3n) is 5.25. The molecule has 2 heterocycles. The molecule has 4 rings (SSSR count). The van der Waals surface area contributed by atoms with Gasteiger partial charge in [0.1, 0.15) is 5.76 Å². The molecule has 6 heteroatoms. The summed E-state index contributed by atoms with van der Waals surface area (Å²) in [4.78, 5) is 2.69. The molecule has 5 nitrogen and oxygen atoms in total. The fraction of sp³-hybridized carbons (Fsp3) is 0.474. The van der Waals surface area contributed by atoms with Crippen LogP contribution in [0.1, 0.15) is 29.7 Å². The molecule has 0 radical (unpaired) electrons. The highest BCUT2D eigenvalue weighted by molar-refractivity contribution is 7.89. The second-order valence-electron chi connectivity index (χ2n) is 6.90. The minimum absolute atomic E-state index is 0.452. The third kappa shape index (κ3) is 3.52. The van der Waals surface area contributed by atoms with Gasteiger partial charge in [-0.25, -0.2) is 8.42 Å². The molecule has 2 aromatic rings. The van der Waals surface area contributed by atoms with E-state index < -0.39 is 10.0 Å². The zero-order valence-corrected chi connectivity index (χ0v) is 15.2. The highest BCUT2D eigenvalue weighted by atomic mass is 32.2. The summed E-state index contributed by atoms with van der Waals surface area (Å²) < 4.78 is 33.0. The molecular weight excluding hydrogens is 336 g/mol. The maximum atomic E-state index is 13.0. The number of benzene rings is 1. The molecule has 134 valence electrons. The monoisotopic (exact) mass is 360 g/mol. The van der Waals surface area contributed by atoms with Crippen molar-refractivity contribution in [3.63, 3.8) is 0 Å². The first-order valence-corrected chi connectivity index (χ1v) is 10.4. The number of sulfonamides is 1. The molecule has 1 aliphatic heterocycles. The predicted octanol–water partition coefficient (Wildman–Crippen LogP) is 2.66. The highest BCUT2D eigenvalue weighted by Crippen LogP contribution is 2.26. The van der Waals surface area contributed by atoms with E-state index in [1.165, 1.54) is 17.5 Å². The molecule has 1 saturated heterocycles. The van der Waals surface area contributed by atoms with Crippen molar-refractivity contribution in [1.82, 2.24) is 9.21 Å². The van der Waals surface area contributed by atoms with Crippen molar-refractivity contribution in [3.05, 3.63) is 53.5 Å². The van der Waals surface area contributed by atoms with Gasteiger partial charge in [0.05, 0.1) is 17.7 Å². The van der Waals surface area contributed by atoms with E-state index in [4.69, 9.17) is 4.42 Å². The second-order valence-corrected chi connectivity index (χ2v) is 8.84. The number of rotatable bonds is 4. The Morgan fingerprint density at radius 2 is 1.72 bits per heavy atom. The smallest absolute Gasteiger partial charge is 0.243 e. The van der Waals surface area contributed by atoms with E-state index >= 15 is 0 Å². The average Bonchev–Trinajstić information content (AvgIpc) is 3.15. The lowest BCUT2D eigenvalue weighted by Crippen LogP contribution is -2.48. The number of furan rings is 1. The van der Waals surface area contributed by atoms with Crippen LogP contribution in [0, 0.1) is 0 Å². The van der Waals surface area contributed by atoms with Crippen molar-refractivity contribution in [2.45, 2.75) is 37.1 Å². The summed E-state index contributed by atoms with van der Waals surface area (Å²) in [5, 5.41) is 0. The maximum absolute atomic E-state index is 13.0. The van der Waals surface area contributed by atoms with E-state index in [1.807, 2.05) is 24.3 Å². The van der Waals surface area contributed by atoms with Crippen LogP contribution in [-0.4, -0.2) is 43.8 Å². The van der Waals surface area contributed by atoms with Crippen LogP contribution < -0.4 is 0 Å². The van der Waals surface area contributed by atoms with E-state index in [0.717, 1.165) is 44.7 Å². The SMILES string of the molecule is O=S(=O)(c1ccc2c(c1)CCCC2)N1CCN(Cc2ccco2)CC1. The molecule has 1 aromatic heterocycles. The van der Waals surface area contributed by atoms with Gasteiger partial charge >= 0.3 is 0 Å². The topological polar surface area (TPSA) is 53.8 Å². The first kappa shape index (κ1) is 16.8. The van der Waals surface area contributed by atoms with Gasteiger partial charge in [-0.1, -0.05) is 6.07 Å². The molecular formula is C19H24N2O3S. The van der Waals surface area contributed by atoms with E-state index in [0.29, 0.717) is 18.0 Å². The Labute approximate surface area is 149 Å². The Bertz CT molecular complexity index is 822. The van der Waals surface area contributed by atoms with Gasteiger partial charge in [0.2, 0.25) is 10.0 Å². The number of fused-ring (bicyclic) bond motifs is 1. The molecule has 0 amide bonds. The lowest BCUT2D eigenvalue weighted by molar-refractivity contribution is 0.171. The Hall–Kier alpha value is -1.63. The fourth-order valence-electron chi connectivity index (χ4n) is 3.77. The van der Waals surface area contributed by atoms with Gasteiger partial charge in [0, 0.05) is 26.2 Å². The van der Waals surface area contributed by atoms with E-state index in [2.05, 4.69) is 4.90 Å².